The van der Waals surface area contributed by atoms with E-state index in [1.54, 1.807) is 0 Å². The van der Waals surface area contributed by atoms with Crippen LogP contribution >= 0.6 is 11.8 Å². The predicted molar refractivity (Wildman–Crippen MR) is 75.4 cm³/mol. The molecule has 0 aromatic heterocycles. The Kier molecular flexibility index (Phi) is 8.34. The Hall–Kier alpha value is 0.270. The molecule has 0 aromatic rings. The average molecular weight is 244 g/mol. The number of likely N-dealkylation sites (N-methyl/N-ethyl adjacent to an activating group) is 1. The van der Waals surface area contributed by atoms with Crippen LogP contribution in [-0.2, 0) is 0 Å². The lowest BCUT2D eigenvalue weighted by atomic mass is 10.2. The lowest BCUT2D eigenvalue weighted by molar-refractivity contribution is 0.319. The molecule has 0 bridgehead atoms. The fourth-order valence-electron chi connectivity index (χ4n) is 2.43. The van der Waals surface area contributed by atoms with Crippen LogP contribution in [0.15, 0.2) is 0 Å². The Morgan fingerprint density at radius 1 is 1.25 bits per heavy atom. The van der Waals surface area contributed by atoms with E-state index in [9.17, 15) is 0 Å². The molecule has 0 amide bonds. The van der Waals surface area contributed by atoms with Crippen LogP contribution in [0.2, 0.25) is 0 Å². The Morgan fingerprint density at radius 2 is 2.06 bits per heavy atom. The second-order valence-corrected chi connectivity index (χ2v) is 5.74. The molecule has 1 heterocycles. The second kappa shape index (κ2) is 9.32. The maximum Gasteiger partial charge on any atom is 0.0207 e. The Labute approximate surface area is 106 Å². The summed E-state index contributed by atoms with van der Waals surface area (Å²) in [5.41, 5.74) is 0. The van der Waals surface area contributed by atoms with Gasteiger partial charge in [0.2, 0.25) is 0 Å². The summed E-state index contributed by atoms with van der Waals surface area (Å²) in [6, 6.07) is 0.765. The topological polar surface area (TPSA) is 15.3 Å². The van der Waals surface area contributed by atoms with Crippen molar-refractivity contribution < 1.29 is 0 Å². The van der Waals surface area contributed by atoms with E-state index < -0.39 is 0 Å². The zero-order valence-electron chi connectivity index (χ0n) is 11.0. The Balaban J connectivity index is 1.90. The van der Waals surface area contributed by atoms with Gasteiger partial charge >= 0.3 is 0 Å². The SMILES string of the molecule is CCNC1CCN(CCCCCCSC)C1. The highest BCUT2D eigenvalue weighted by molar-refractivity contribution is 7.98. The van der Waals surface area contributed by atoms with Crippen molar-refractivity contribution in [2.24, 2.45) is 0 Å². The standard InChI is InChI=1S/C13H28N2S/c1-3-14-13-8-10-15(12-13)9-6-4-5-7-11-16-2/h13-14H,3-12H2,1-2H3. The van der Waals surface area contributed by atoms with Crippen molar-refractivity contribution in [2.75, 3.05) is 38.2 Å². The van der Waals surface area contributed by atoms with Gasteiger partial charge in [-0.2, -0.15) is 11.8 Å². The number of nitrogens with zero attached hydrogens (tertiary/aromatic N) is 1. The van der Waals surface area contributed by atoms with Crippen LogP contribution < -0.4 is 5.32 Å². The van der Waals surface area contributed by atoms with Gasteiger partial charge in [0.05, 0.1) is 0 Å². The van der Waals surface area contributed by atoms with Crippen LogP contribution in [0.5, 0.6) is 0 Å². The van der Waals surface area contributed by atoms with Crippen LogP contribution in [0.4, 0.5) is 0 Å². The number of thioether (sulfide) groups is 1. The summed E-state index contributed by atoms with van der Waals surface area (Å²) in [5, 5.41) is 3.55. The van der Waals surface area contributed by atoms with E-state index in [1.165, 1.54) is 57.5 Å². The first-order chi connectivity index (χ1) is 7.86. The van der Waals surface area contributed by atoms with E-state index >= 15 is 0 Å². The number of nitrogens with one attached hydrogen (secondary N) is 1. The Morgan fingerprint density at radius 3 is 2.81 bits per heavy atom. The van der Waals surface area contributed by atoms with Crippen molar-refractivity contribution in [1.29, 1.82) is 0 Å². The highest BCUT2D eigenvalue weighted by atomic mass is 32.2. The lowest BCUT2D eigenvalue weighted by Gasteiger charge is -2.16. The summed E-state index contributed by atoms with van der Waals surface area (Å²) in [6.45, 7) is 7.23. The molecule has 0 aliphatic carbocycles. The third-order valence-corrected chi connectivity index (χ3v) is 4.03. The van der Waals surface area contributed by atoms with Gasteiger partial charge in [-0.05, 0) is 50.9 Å². The Bertz CT molecular complexity index is 164. The molecule has 96 valence electrons. The van der Waals surface area contributed by atoms with Gasteiger partial charge in [0, 0.05) is 12.6 Å². The van der Waals surface area contributed by atoms with Gasteiger partial charge in [-0.25, -0.2) is 0 Å². The van der Waals surface area contributed by atoms with E-state index in [0.29, 0.717) is 0 Å². The van der Waals surface area contributed by atoms with E-state index in [4.69, 9.17) is 0 Å². The summed E-state index contributed by atoms with van der Waals surface area (Å²) in [6.07, 6.45) is 9.19. The molecular weight excluding hydrogens is 216 g/mol. The van der Waals surface area contributed by atoms with E-state index in [1.807, 2.05) is 11.8 Å². The molecule has 3 heteroatoms. The molecule has 1 N–H and O–H groups in total. The van der Waals surface area contributed by atoms with Crippen molar-refractivity contribution in [3.05, 3.63) is 0 Å². The van der Waals surface area contributed by atoms with Crippen LogP contribution in [-0.4, -0.2) is 49.1 Å². The molecule has 16 heavy (non-hydrogen) atoms. The number of hydrogen-bond acceptors (Lipinski definition) is 3. The van der Waals surface area contributed by atoms with Crippen LogP contribution in [0.25, 0.3) is 0 Å². The minimum absolute atomic E-state index is 0.765. The predicted octanol–water partition coefficient (Wildman–Crippen LogP) is 2.59. The maximum absolute atomic E-state index is 3.55. The summed E-state index contributed by atoms with van der Waals surface area (Å²) in [5.74, 6) is 1.34. The molecule has 0 aromatic carbocycles. The first-order valence-corrected chi connectivity index (χ1v) is 8.21. The fraction of sp³-hybridized carbons (Fsp3) is 1.00. The number of hydrogen-bond donors (Lipinski definition) is 1. The van der Waals surface area contributed by atoms with Crippen LogP contribution in [0.3, 0.4) is 0 Å². The van der Waals surface area contributed by atoms with Gasteiger partial charge in [0.15, 0.2) is 0 Å². The van der Waals surface area contributed by atoms with E-state index in [-0.39, 0.29) is 0 Å². The molecule has 1 aliphatic rings. The average Bonchev–Trinajstić information content (AvgIpc) is 2.72. The zero-order valence-corrected chi connectivity index (χ0v) is 11.8. The summed E-state index contributed by atoms with van der Waals surface area (Å²) in [4.78, 5) is 2.63. The number of rotatable bonds is 9. The molecule has 1 saturated heterocycles. The van der Waals surface area contributed by atoms with Crippen LogP contribution in [0, 0.1) is 0 Å². The third-order valence-electron chi connectivity index (χ3n) is 3.34. The third kappa shape index (κ3) is 6.12. The molecule has 0 saturated carbocycles. The highest BCUT2D eigenvalue weighted by Crippen LogP contribution is 2.11. The van der Waals surface area contributed by atoms with Crippen molar-refractivity contribution in [1.82, 2.24) is 10.2 Å². The smallest absolute Gasteiger partial charge is 0.0207 e. The molecule has 0 spiro atoms. The summed E-state index contributed by atoms with van der Waals surface area (Å²) in [7, 11) is 0. The van der Waals surface area contributed by atoms with Gasteiger partial charge in [-0.1, -0.05) is 19.8 Å². The molecule has 2 nitrogen and oxygen atoms in total. The second-order valence-electron chi connectivity index (χ2n) is 4.75. The van der Waals surface area contributed by atoms with Crippen LogP contribution in [0.1, 0.15) is 39.0 Å². The minimum Gasteiger partial charge on any atom is -0.313 e. The fourth-order valence-corrected chi connectivity index (χ4v) is 2.92. The molecule has 1 rings (SSSR count). The molecule has 1 unspecified atom stereocenters. The number of unbranched alkanes of at least 4 members (excludes halogenated alkanes) is 3. The maximum atomic E-state index is 3.55. The molecular formula is C13H28N2S. The van der Waals surface area contributed by atoms with Gasteiger partial charge in [0.25, 0.3) is 0 Å². The van der Waals surface area contributed by atoms with E-state index in [0.717, 1.165) is 12.6 Å². The minimum atomic E-state index is 0.765. The van der Waals surface area contributed by atoms with Gasteiger partial charge in [-0.15, -0.1) is 0 Å². The van der Waals surface area contributed by atoms with Crippen molar-refractivity contribution in [2.45, 2.75) is 45.1 Å². The number of likely N-dealkylation sites (tertiary alicyclic amines) is 1. The first-order valence-electron chi connectivity index (χ1n) is 6.81. The molecule has 0 radical (unpaired) electrons. The van der Waals surface area contributed by atoms with Crippen molar-refractivity contribution in [3.63, 3.8) is 0 Å². The van der Waals surface area contributed by atoms with E-state index in [2.05, 4.69) is 23.4 Å². The van der Waals surface area contributed by atoms with Gasteiger partial charge < -0.3 is 10.2 Å². The summed E-state index contributed by atoms with van der Waals surface area (Å²) < 4.78 is 0. The zero-order chi connectivity index (χ0) is 11.6. The summed E-state index contributed by atoms with van der Waals surface area (Å²) >= 11 is 1.97. The van der Waals surface area contributed by atoms with Crippen molar-refractivity contribution in [3.8, 4) is 0 Å². The first kappa shape index (κ1) is 14.3. The normalized spacial score (nSPS) is 21.8. The largest absolute Gasteiger partial charge is 0.313 e. The van der Waals surface area contributed by atoms with Gasteiger partial charge in [0.1, 0.15) is 0 Å². The van der Waals surface area contributed by atoms with Crippen molar-refractivity contribution >= 4 is 11.8 Å². The van der Waals surface area contributed by atoms with Gasteiger partial charge in [-0.3, -0.25) is 0 Å². The molecule has 1 atom stereocenters. The highest BCUT2D eigenvalue weighted by Gasteiger charge is 2.20. The molecule has 1 fully saturated rings. The quantitative estimate of drug-likeness (QED) is 0.628. The monoisotopic (exact) mass is 244 g/mol. The lowest BCUT2D eigenvalue weighted by Crippen LogP contribution is -2.32. The molecule has 1 aliphatic heterocycles.